The van der Waals surface area contributed by atoms with Crippen LogP contribution in [0.3, 0.4) is 0 Å². The van der Waals surface area contributed by atoms with E-state index < -0.39 is 8.32 Å². The van der Waals surface area contributed by atoms with Crippen molar-refractivity contribution >= 4 is 18.7 Å². The largest absolute Gasteiger partial charge is 1.00 e. The minimum Gasteiger partial charge on any atom is -0.852 e. The first-order valence-electron chi connectivity index (χ1n) is 5.03. The fourth-order valence-corrected chi connectivity index (χ4v) is 3.67. The van der Waals surface area contributed by atoms with Crippen LogP contribution in [-0.4, -0.2) is 8.32 Å². The van der Waals surface area contributed by atoms with Gasteiger partial charge in [0.15, 0.2) is 0 Å². The topological polar surface area (TPSA) is 23.1 Å². The molecule has 0 radical (unpaired) electrons. The van der Waals surface area contributed by atoms with Crippen molar-refractivity contribution in [2.45, 2.75) is 6.55 Å². The van der Waals surface area contributed by atoms with Crippen molar-refractivity contribution < 1.29 is 34.4 Å². The summed E-state index contributed by atoms with van der Waals surface area (Å²) in [5.74, 6) is 0. The maximum atomic E-state index is 12.6. The Kier molecular flexibility index (Phi) is 4.96. The normalized spacial score (nSPS) is 10.6. The van der Waals surface area contributed by atoms with E-state index in [2.05, 4.69) is 0 Å². The predicted octanol–water partition coefficient (Wildman–Crippen LogP) is -2.26. The minimum atomic E-state index is -2.71. The van der Waals surface area contributed by atoms with Gasteiger partial charge < -0.3 is 4.80 Å². The van der Waals surface area contributed by atoms with E-state index in [0.29, 0.717) is 0 Å². The summed E-state index contributed by atoms with van der Waals surface area (Å²) in [6, 6.07) is 19.4. The zero-order chi connectivity index (χ0) is 10.7. The summed E-state index contributed by atoms with van der Waals surface area (Å²) in [5, 5.41) is 1.88. The molecule has 2 aromatic carbocycles. The van der Waals surface area contributed by atoms with Crippen LogP contribution in [0.5, 0.6) is 0 Å². The van der Waals surface area contributed by atoms with Gasteiger partial charge in [-0.25, -0.2) is 0 Å². The molecule has 0 saturated carbocycles. The van der Waals surface area contributed by atoms with Crippen LogP contribution in [0.4, 0.5) is 0 Å². The molecule has 0 aliphatic heterocycles. The summed E-state index contributed by atoms with van der Waals surface area (Å²) < 4.78 is 0. The second kappa shape index (κ2) is 5.80. The quantitative estimate of drug-likeness (QED) is 0.540. The Hall–Kier alpha value is -0.383. The fraction of sp³-hybridized carbons (Fsp3) is 0.0769. The number of hydrogen-bond donors (Lipinski definition) is 0. The van der Waals surface area contributed by atoms with Crippen molar-refractivity contribution in [3.63, 3.8) is 0 Å². The van der Waals surface area contributed by atoms with E-state index in [0.717, 1.165) is 10.4 Å². The Morgan fingerprint density at radius 3 is 1.38 bits per heavy atom. The van der Waals surface area contributed by atoms with Gasteiger partial charge in [-0.05, 0) is 0 Å². The Balaban J connectivity index is 0.00000128. The molecular formula is C13H13NaOSi. The first-order valence-corrected chi connectivity index (χ1v) is 7.43. The first kappa shape index (κ1) is 13.7. The number of hydrogen-bond acceptors (Lipinski definition) is 1. The van der Waals surface area contributed by atoms with E-state index in [4.69, 9.17) is 0 Å². The van der Waals surface area contributed by atoms with Crippen LogP contribution in [-0.2, 0) is 0 Å². The summed E-state index contributed by atoms with van der Waals surface area (Å²) in [4.78, 5) is 12.6. The molecule has 0 aromatic heterocycles. The maximum Gasteiger partial charge on any atom is 1.00 e. The van der Waals surface area contributed by atoms with Crippen LogP contribution in [0.2, 0.25) is 6.55 Å². The molecule has 0 bridgehead atoms. The van der Waals surface area contributed by atoms with E-state index in [-0.39, 0.29) is 29.6 Å². The zero-order valence-corrected chi connectivity index (χ0v) is 12.7. The van der Waals surface area contributed by atoms with Crippen LogP contribution < -0.4 is 44.7 Å². The SMILES string of the molecule is C[Si]([O-])(c1ccccc1)c1ccccc1.[Na+]. The summed E-state index contributed by atoms with van der Waals surface area (Å²) in [5.41, 5.74) is 0. The molecule has 0 heterocycles. The predicted molar refractivity (Wildman–Crippen MR) is 63.8 cm³/mol. The molecule has 0 spiro atoms. The Morgan fingerprint density at radius 2 is 1.06 bits per heavy atom. The molecule has 0 atom stereocenters. The Labute approximate surface area is 120 Å². The molecule has 3 heteroatoms. The third kappa shape index (κ3) is 2.84. The van der Waals surface area contributed by atoms with Gasteiger partial charge in [-0.1, -0.05) is 77.6 Å². The second-order valence-electron chi connectivity index (χ2n) is 3.77. The third-order valence-electron chi connectivity index (χ3n) is 2.65. The van der Waals surface area contributed by atoms with E-state index in [1.807, 2.05) is 67.2 Å². The minimum absolute atomic E-state index is 0. The maximum absolute atomic E-state index is 12.6. The average molecular weight is 236 g/mol. The molecule has 0 amide bonds. The molecule has 2 rings (SSSR count). The summed E-state index contributed by atoms with van der Waals surface area (Å²) >= 11 is 0. The molecular weight excluding hydrogens is 223 g/mol. The molecule has 0 N–H and O–H groups in total. The zero-order valence-electron chi connectivity index (χ0n) is 9.68. The van der Waals surface area contributed by atoms with Gasteiger partial charge in [-0.3, -0.25) is 0 Å². The molecule has 0 fully saturated rings. The van der Waals surface area contributed by atoms with Crippen molar-refractivity contribution in [3.05, 3.63) is 60.7 Å². The smallest absolute Gasteiger partial charge is 0.852 e. The van der Waals surface area contributed by atoms with Crippen LogP contribution >= 0.6 is 0 Å². The molecule has 2 aromatic rings. The third-order valence-corrected chi connectivity index (χ3v) is 5.52. The van der Waals surface area contributed by atoms with E-state index in [1.54, 1.807) is 0 Å². The van der Waals surface area contributed by atoms with Crippen LogP contribution in [0.1, 0.15) is 0 Å². The number of benzene rings is 2. The van der Waals surface area contributed by atoms with Crippen LogP contribution in [0, 0.1) is 0 Å². The van der Waals surface area contributed by atoms with Crippen molar-refractivity contribution in [2.24, 2.45) is 0 Å². The Bertz CT molecular complexity index is 387. The van der Waals surface area contributed by atoms with Crippen molar-refractivity contribution in [3.8, 4) is 0 Å². The van der Waals surface area contributed by atoms with Gasteiger partial charge in [-0.15, -0.1) is 0 Å². The molecule has 0 unspecified atom stereocenters. The second-order valence-corrected chi connectivity index (χ2v) is 6.99. The monoisotopic (exact) mass is 236 g/mol. The van der Waals surface area contributed by atoms with Crippen molar-refractivity contribution in [2.75, 3.05) is 0 Å². The van der Waals surface area contributed by atoms with Crippen molar-refractivity contribution in [1.29, 1.82) is 0 Å². The average Bonchev–Trinajstić information content (AvgIpc) is 2.31. The standard InChI is InChI=1S/C13H13OSi.Na/c1-15(14,12-8-4-2-5-9-12)13-10-6-3-7-11-13;/h2-11H,1H3;/q-1;+1. The van der Waals surface area contributed by atoms with E-state index >= 15 is 0 Å². The summed E-state index contributed by atoms with van der Waals surface area (Å²) in [6.45, 7) is 1.84. The van der Waals surface area contributed by atoms with Gasteiger partial charge >= 0.3 is 29.6 Å². The molecule has 76 valence electrons. The van der Waals surface area contributed by atoms with E-state index in [1.165, 1.54) is 0 Å². The van der Waals surface area contributed by atoms with Gasteiger partial charge in [-0.2, -0.15) is 0 Å². The van der Waals surface area contributed by atoms with Gasteiger partial charge in [0, 0.05) is 8.32 Å². The molecule has 1 nitrogen and oxygen atoms in total. The molecule has 0 aliphatic carbocycles. The Morgan fingerprint density at radius 1 is 0.750 bits per heavy atom. The molecule has 0 saturated heterocycles. The fourth-order valence-electron chi connectivity index (χ4n) is 1.68. The molecule has 16 heavy (non-hydrogen) atoms. The van der Waals surface area contributed by atoms with Gasteiger partial charge in [0.2, 0.25) is 0 Å². The van der Waals surface area contributed by atoms with Crippen molar-refractivity contribution in [1.82, 2.24) is 0 Å². The number of rotatable bonds is 2. The van der Waals surface area contributed by atoms with E-state index in [9.17, 15) is 4.80 Å². The van der Waals surface area contributed by atoms with Gasteiger partial charge in [0.05, 0.1) is 0 Å². The molecule has 0 aliphatic rings. The van der Waals surface area contributed by atoms with Crippen LogP contribution in [0.15, 0.2) is 60.7 Å². The van der Waals surface area contributed by atoms with Crippen LogP contribution in [0.25, 0.3) is 0 Å². The van der Waals surface area contributed by atoms with Gasteiger partial charge in [0.1, 0.15) is 0 Å². The first-order chi connectivity index (χ1) is 7.21. The summed E-state index contributed by atoms with van der Waals surface area (Å²) in [7, 11) is -2.71. The van der Waals surface area contributed by atoms with Gasteiger partial charge in [0.25, 0.3) is 0 Å². The summed E-state index contributed by atoms with van der Waals surface area (Å²) in [6.07, 6.45) is 0.